The maximum absolute atomic E-state index is 12.7. The topological polar surface area (TPSA) is 75.9 Å². The Morgan fingerprint density at radius 2 is 1.87 bits per heavy atom. The molecule has 1 aromatic rings. The van der Waals surface area contributed by atoms with E-state index in [0.717, 1.165) is 32.6 Å². The molecular weight excluding hydrogens is 318 g/mol. The molecule has 2 aliphatic heterocycles. The van der Waals surface area contributed by atoms with E-state index in [1.807, 2.05) is 0 Å². The van der Waals surface area contributed by atoms with Gasteiger partial charge in [-0.1, -0.05) is 12.1 Å². The van der Waals surface area contributed by atoms with Crippen molar-refractivity contribution in [1.82, 2.24) is 14.4 Å². The predicted octanol–water partition coefficient (Wildman–Crippen LogP) is 1.17. The smallest absolute Gasteiger partial charge is 0.248 e. The summed E-state index contributed by atoms with van der Waals surface area (Å²) < 4.78 is 37.4. The SMILES string of the molecule is CCN(C1CCOCC1)C1CN(S(=O)(=O)c2c(C)noc2C)C1. The van der Waals surface area contributed by atoms with Crippen LogP contribution in [0.2, 0.25) is 0 Å². The number of ether oxygens (including phenoxy) is 1. The fourth-order valence-electron chi connectivity index (χ4n) is 3.63. The Morgan fingerprint density at radius 3 is 2.39 bits per heavy atom. The molecule has 2 fully saturated rings. The molecule has 130 valence electrons. The molecule has 1 aromatic heterocycles. The highest BCUT2D eigenvalue weighted by Gasteiger charge is 2.43. The van der Waals surface area contributed by atoms with Crippen molar-refractivity contribution in [3.63, 3.8) is 0 Å². The number of aromatic nitrogens is 1. The van der Waals surface area contributed by atoms with E-state index in [1.54, 1.807) is 13.8 Å². The van der Waals surface area contributed by atoms with E-state index in [9.17, 15) is 8.42 Å². The van der Waals surface area contributed by atoms with Gasteiger partial charge in [-0.25, -0.2) is 8.42 Å². The summed E-state index contributed by atoms with van der Waals surface area (Å²) in [7, 11) is -3.50. The molecule has 3 rings (SSSR count). The molecule has 7 nitrogen and oxygen atoms in total. The van der Waals surface area contributed by atoms with Crippen LogP contribution < -0.4 is 0 Å². The zero-order valence-electron chi connectivity index (χ0n) is 14.0. The molecule has 0 unspecified atom stereocenters. The summed E-state index contributed by atoms with van der Waals surface area (Å²) in [5.41, 5.74) is 0.433. The van der Waals surface area contributed by atoms with Gasteiger partial charge in [-0.15, -0.1) is 0 Å². The first-order valence-electron chi connectivity index (χ1n) is 8.21. The normalized spacial score (nSPS) is 21.7. The lowest BCUT2D eigenvalue weighted by atomic mass is 10.0. The van der Waals surface area contributed by atoms with Gasteiger partial charge in [0.1, 0.15) is 10.6 Å². The Morgan fingerprint density at radius 1 is 1.22 bits per heavy atom. The number of rotatable bonds is 5. The first-order valence-corrected chi connectivity index (χ1v) is 9.65. The van der Waals surface area contributed by atoms with Crippen LogP contribution in [0.15, 0.2) is 9.42 Å². The Kier molecular flexibility index (Phi) is 4.78. The number of hydrogen-bond acceptors (Lipinski definition) is 6. The van der Waals surface area contributed by atoms with Crippen molar-refractivity contribution in [3.05, 3.63) is 11.5 Å². The van der Waals surface area contributed by atoms with Crippen molar-refractivity contribution in [2.45, 2.75) is 50.6 Å². The van der Waals surface area contributed by atoms with Gasteiger partial charge >= 0.3 is 0 Å². The van der Waals surface area contributed by atoms with Crippen LogP contribution in [0.3, 0.4) is 0 Å². The molecule has 2 aliphatic rings. The Hall–Kier alpha value is -0.960. The maximum Gasteiger partial charge on any atom is 0.248 e. The summed E-state index contributed by atoms with van der Waals surface area (Å²) in [4.78, 5) is 2.66. The largest absolute Gasteiger partial charge is 0.381 e. The number of aryl methyl sites for hydroxylation is 2. The van der Waals surface area contributed by atoms with Crippen molar-refractivity contribution in [3.8, 4) is 0 Å². The minimum atomic E-state index is -3.50. The molecule has 23 heavy (non-hydrogen) atoms. The van der Waals surface area contributed by atoms with Crippen molar-refractivity contribution >= 4 is 10.0 Å². The van der Waals surface area contributed by atoms with Gasteiger partial charge in [-0.2, -0.15) is 4.31 Å². The van der Waals surface area contributed by atoms with E-state index in [1.165, 1.54) is 4.31 Å². The Labute approximate surface area is 137 Å². The van der Waals surface area contributed by atoms with E-state index in [2.05, 4.69) is 17.0 Å². The van der Waals surface area contributed by atoms with E-state index in [4.69, 9.17) is 9.26 Å². The van der Waals surface area contributed by atoms with Crippen LogP contribution in [0.1, 0.15) is 31.2 Å². The average molecular weight is 343 g/mol. The van der Waals surface area contributed by atoms with E-state index < -0.39 is 10.0 Å². The number of nitrogens with zero attached hydrogens (tertiary/aromatic N) is 3. The molecule has 0 amide bonds. The zero-order valence-corrected chi connectivity index (χ0v) is 14.8. The van der Waals surface area contributed by atoms with Crippen LogP contribution >= 0.6 is 0 Å². The van der Waals surface area contributed by atoms with Gasteiger partial charge in [-0.05, 0) is 33.2 Å². The highest BCUT2D eigenvalue weighted by molar-refractivity contribution is 7.89. The zero-order chi connectivity index (χ0) is 16.6. The molecule has 2 saturated heterocycles. The molecule has 0 saturated carbocycles. The summed E-state index contributed by atoms with van der Waals surface area (Å²) in [6, 6.07) is 0.793. The van der Waals surface area contributed by atoms with E-state index >= 15 is 0 Å². The summed E-state index contributed by atoms with van der Waals surface area (Å²) in [6.45, 7) is 9.07. The molecule has 0 radical (unpaired) electrons. The molecule has 0 spiro atoms. The molecule has 0 aliphatic carbocycles. The Balaban J connectivity index is 1.68. The molecule has 0 atom stereocenters. The van der Waals surface area contributed by atoms with Gasteiger partial charge in [0.25, 0.3) is 0 Å². The second kappa shape index (κ2) is 6.51. The molecule has 0 bridgehead atoms. The lowest BCUT2D eigenvalue weighted by molar-refractivity contribution is -0.00749. The van der Waals surface area contributed by atoms with Gasteiger partial charge in [0, 0.05) is 38.4 Å². The third-order valence-corrected chi connectivity index (χ3v) is 6.97. The van der Waals surface area contributed by atoms with Crippen LogP contribution in [0.5, 0.6) is 0 Å². The fraction of sp³-hybridized carbons (Fsp3) is 0.800. The van der Waals surface area contributed by atoms with E-state index in [-0.39, 0.29) is 4.90 Å². The lowest BCUT2D eigenvalue weighted by Crippen LogP contribution is -2.63. The van der Waals surface area contributed by atoms with Gasteiger partial charge < -0.3 is 9.26 Å². The number of likely N-dealkylation sites (N-methyl/N-ethyl adjacent to an activating group) is 1. The minimum Gasteiger partial charge on any atom is -0.381 e. The summed E-state index contributed by atoms with van der Waals surface area (Å²) >= 11 is 0. The minimum absolute atomic E-state index is 0.227. The van der Waals surface area contributed by atoms with Gasteiger partial charge in [-0.3, -0.25) is 4.90 Å². The van der Waals surface area contributed by atoms with Gasteiger partial charge in [0.15, 0.2) is 5.76 Å². The van der Waals surface area contributed by atoms with Crippen molar-refractivity contribution in [2.75, 3.05) is 32.8 Å². The quantitative estimate of drug-likeness (QED) is 0.799. The maximum atomic E-state index is 12.7. The van der Waals surface area contributed by atoms with Crippen molar-refractivity contribution < 1.29 is 17.7 Å². The Bertz CT molecular complexity index is 626. The average Bonchev–Trinajstić information content (AvgIpc) is 2.82. The predicted molar refractivity (Wildman–Crippen MR) is 84.7 cm³/mol. The summed E-state index contributed by atoms with van der Waals surface area (Å²) in [5, 5.41) is 3.76. The van der Waals surface area contributed by atoms with E-state index in [0.29, 0.717) is 36.6 Å². The molecular formula is C15H25N3O4S. The monoisotopic (exact) mass is 343 g/mol. The standard InChI is InChI=1S/C15H25N3O4S/c1-4-18(13-5-7-21-8-6-13)14-9-17(10-14)23(19,20)15-11(2)16-22-12(15)3/h13-14H,4-10H2,1-3H3. The number of sulfonamides is 1. The second-order valence-electron chi connectivity index (χ2n) is 6.30. The third kappa shape index (κ3) is 3.05. The van der Waals surface area contributed by atoms with Crippen molar-refractivity contribution in [2.24, 2.45) is 0 Å². The van der Waals surface area contributed by atoms with Crippen LogP contribution in [0, 0.1) is 13.8 Å². The summed E-state index contributed by atoms with van der Waals surface area (Å²) in [6.07, 6.45) is 2.06. The third-order valence-electron chi connectivity index (χ3n) is 4.89. The highest BCUT2D eigenvalue weighted by Crippen LogP contribution is 2.30. The number of hydrogen-bond donors (Lipinski definition) is 0. The lowest BCUT2D eigenvalue weighted by Gasteiger charge is -2.47. The van der Waals surface area contributed by atoms with Gasteiger partial charge in [0.2, 0.25) is 10.0 Å². The first kappa shape index (κ1) is 16.9. The first-order chi connectivity index (χ1) is 10.9. The molecule has 0 N–H and O–H groups in total. The van der Waals surface area contributed by atoms with Crippen LogP contribution in [0.25, 0.3) is 0 Å². The summed E-state index contributed by atoms with van der Waals surface area (Å²) in [5.74, 6) is 0.364. The van der Waals surface area contributed by atoms with Crippen molar-refractivity contribution in [1.29, 1.82) is 0 Å². The molecule has 3 heterocycles. The van der Waals surface area contributed by atoms with Gasteiger partial charge in [0.05, 0.1) is 0 Å². The second-order valence-corrected chi connectivity index (χ2v) is 8.18. The molecule has 0 aromatic carbocycles. The highest BCUT2D eigenvalue weighted by atomic mass is 32.2. The van der Waals surface area contributed by atoms with Crippen LogP contribution in [0.4, 0.5) is 0 Å². The fourth-order valence-corrected chi connectivity index (χ4v) is 5.43. The molecule has 8 heteroatoms. The van der Waals surface area contributed by atoms with Crippen LogP contribution in [-0.2, 0) is 14.8 Å². The van der Waals surface area contributed by atoms with Crippen LogP contribution in [-0.4, -0.2) is 67.7 Å².